The lowest BCUT2D eigenvalue weighted by molar-refractivity contribution is 0.196. The fourth-order valence-electron chi connectivity index (χ4n) is 1.27. The Morgan fingerprint density at radius 3 is 2.93 bits per heavy atom. The van der Waals surface area contributed by atoms with E-state index in [1.807, 2.05) is 18.2 Å². The van der Waals surface area contributed by atoms with Gasteiger partial charge in [0.1, 0.15) is 0 Å². The molecule has 0 radical (unpaired) electrons. The predicted octanol–water partition coefficient (Wildman–Crippen LogP) is 2.64. The van der Waals surface area contributed by atoms with Crippen molar-refractivity contribution in [1.29, 1.82) is 0 Å². The quantitative estimate of drug-likeness (QED) is 0.760. The molecule has 0 saturated carbocycles. The lowest BCUT2D eigenvalue weighted by Crippen LogP contribution is -2.22. The van der Waals surface area contributed by atoms with E-state index in [2.05, 4.69) is 18.3 Å². The van der Waals surface area contributed by atoms with Crippen molar-refractivity contribution in [1.82, 2.24) is 5.32 Å². The van der Waals surface area contributed by atoms with E-state index in [-0.39, 0.29) is 0 Å². The molecule has 0 amide bonds. The lowest BCUT2D eigenvalue weighted by atomic mass is 10.1. The highest BCUT2D eigenvalue weighted by atomic mass is 35.5. The van der Waals surface area contributed by atoms with Gasteiger partial charge in [0, 0.05) is 24.7 Å². The molecule has 0 aliphatic heterocycles. The molecule has 0 aromatic heterocycles. The van der Waals surface area contributed by atoms with Crippen molar-refractivity contribution in [2.45, 2.75) is 13.0 Å². The van der Waals surface area contributed by atoms with E-state index < -0.39 is 0 Å². The van der Waals surface area contributed by atoms with Gasteiger partial charge in [0.05, 0.1) is 6.61 Å². The minimum atomic E-state index is 0.309. The van der Waals surface area contributed by atoms with Crippen LogP contribution in [-0.2, 0) is 4.74 Å². The van der Waals surface area contributed by atoms with Crippen LogP contribution in [0.25, 0.3) is 0 Å². The molecule has 1 aromatic rings. The number of benzene rings is 1. The molecule has 1 atom stereocenters. The SMILES string of the molecule is COCCNC(C)c1cccc(Cl)c1. The van der Waals surface area contributed by atoms with Crippen molar-refractivity contribution in [3.8, 4) is 0 Å². The summed E-state index contributed by atoms with van der Waals surface area (Å²) in [7, 11) is 1.70. The summed E-state index contributed by atoms with van der Waals surface area (Å²) in [5.41, 5.74) is 1.20. The Morgan fingerprint density at radius 1 is 1.50 bits per heavy atom. The van der Waals surface area contributed by atoms with Gasteiger partial charge in [0.25, 0.3) is 0 Å². The summed E-state index contributed by atoms with van der Waals surface area (Å²) >= 11 is 5.90. The molecule has 1 unspecified atom stereocenters. The Hall–Kier alpha value is -0.570. The molecule has 0 heterocycles. The van der Waals surface area contributed by atoms with Crippen molar-refractivity contribution in [2.24, 2.45) is 0 Å². The summed E-state index contributed by atoms with van der Waals surface area (Å²) in [6.45, 7) is 3.69. The maximum atomic E-state index is 5.90. The van der Waals surface area contributed by atoms with Crippen LogP contribution in [0.5, 0.6) is 0 Å². The van der Waals surface area contributed by atoms with Crippen LogP contribution in [0.4, 0.5) is 0 Å². The smallest absolute Gasteiger partial charge is 0.0587 e. The Bertz CT molecular complexity index is 278. The van der Waals surface area contributed by atoms with E-state index in [4.69, 9.17) is 16.3 Å². The van der Waals surface area contributed by atoms with Gasteiger partial charge in [-0.3, -0.25) is 0 Å². The zero-order valence-corrected chi connectivity index (χ0v) is 9.34. The van der Waals surface area contributed by atoms with E-state index in [1.54, 1.807) is 7.11 Å². The number of halogens is 1. The molecule has 0 aliphatic rings. The van der Waals surface area contributed by atoms with Gasteiger partial charge in [-0.25, -0.2) is 0 Å². The molecule has 0 bridgehead atoms. The standard InChI is InChI=1S/C11H16ClNO/c1-9(13-6-7-14-2)10-4-3-5-11(12)8-10/h3-5,8-9,13H,6-7H2,1-2H3. The third-order valence-electron chi connectivity index (χ3n) is 2.11. The molecule has 0 spiro atoms. The first-order valence-electron chi connectivity index (χ1n) is 4.72. The predicted molar refractivity (Wildman–Crippen MR) is 59.7 cm³/mol. The first kappa shape index (κ1) is 11.5. The van der Waals surface area contributed by atoms with Crippen LogP contribution < -0.4 is 5.32 Å². The fraction of sp³-hybridized carbons (Fsp3) is 0.455. The van der Waals surface area contributed by atoms with E-state index in [0.717, 1.165) is 18.2 Å². The molecule has 0 saturated heterocycles. The Balaban J connectivity index is 2.47. The van der Waals surface area contributed by atoms with Crippen LogP contribution in [0.1, 0.15) is 18.5 Å². The van der Waals surface area contributed by atoms with Gasteiger partial charge < -0.3 is 10.1 Å². The van der Waals surface area contributed by atoms with E-state index in [1.165, 1.54) is 5.56 Å². The second kappa shape index (κ2) is 6.02. The van der Waals surface area contributed by atoms with E-state index in [9.17, 15) is 0 Å². The van der Waals surface area contributed by atoms with E-state index in [0.29, 0.717) is 6.04 Å². The van der Waals surface area contributed by atoms with Crippen molar-refractivity contribution in [2.75, 3.05) is 20.3 Å². The summed E-state index contributed by atoms with van der Waals surface area (Å²) in [6.07, 6.45) is 0. The third kappa shape index (κ3) is 3.66. The molecule has 3 heteroatoms. The van der Waals surface area contributed by atoms with Crippen LogP contribution in [-0.4, -0.2) is 20.3 Å². The van der Waals surface area contributed by atoms with Gasteiger partial charge in [-0.1, -0.05) is 23.7 Å². The maximum absolute atomic E-state index is 5.90. The molecule has 78 valence electrons. The molecular weight excluding hydrogens is 198 g/mol. The first-order valence-corrected chi connectivity index (χ1v) is 5.09. The van der Waals surface area contributed by atoms with Crippen LogP contribution in [0.3, 0.4) is 0 Å². The summed E-state index contributed by atoms with van der Waals surface area (Å²) in [5, 5.41) is 4.12. The number of ether oxygens (including phenoxy) is 1. The molecule has 2 nitrogen and oxygen atoms in total. The Labute approximate surface area is 90.2 Å². The van der Waals surface area contributed by atoms with Crippen LogP contribution in [0, 0.1) is 0 Å². The Kier molecular flexibility index (Phi) is 4.94. The van der Waals surface area contributed by atoms with Crippen LogP contribution in [0.15, 0.2) is 24.3 Å². The monoisotopic (exact) mass is 213 g/mol. The summed E-state index contributed by atoms with van der Waals surface area (Å²) in [6, 6.07) is 8.20. The van der Waals surface area contributed by atoms with Crippen molar-refractivity contribution in [3.05, 3.63) is 34.9 Å². The molecular formula is C11H16ClNO. The highest BCUT2D eigenvalue weighted by Gasteiger charge is 2.03. The van der Waals surface area contributed by atoms with Gasteiger partial charge in [-0.05, 0) is 24.6 Å². The fourth-order valence-corrected chi connectivity index (χ4v) is 1.47. The van der Waals surface area contributed by atoms with Crippen LogP contribution >= 0.6 is 11.6 Å². The minimum Gasteiger partial charge on any atom is -0.383 e. The largest absolute Gasteiger partial charge is 0.383 e. The van der Waals surface area contributed by atoms with Gasteiger partial charge in [-0.15, -0.1) is 0 Å². The Morgan fingerprint density at radius 2 is 2.29 bits per heavy atom. The van der Waals surface area contributed by atoms with Gasteiger partial charge >= 0.3 is 0 Å². The number of nitrogens with one attached hydrogen (secondary N) is 1. The zero-order valence-electron chi connectivity index (χ0n) is 8.59. The third-order valence-corrected chi connectivity index (χ3v) is 2.34. The number of hydrogen-bond donors (Lipinski definition) is 1. The average Bonchev–Trinajstić information content (AvgIpc) is 2.18. The minimum absolute atomic E-state index is 0.309. The molecule has 14 heavy (non-hydrogen) atoms. The van der Waals surface area contributed by atoms with E-state index >= 15 is 0 Å². The zero-order chi connectivity index (χ0) is 10.4. The first-order chi connectivity index (χ1) is 6.74. The second-order valence-electron chi connectivity index (χ2n) is 3.22. The highest BCUT2D eigenvalue weighted by molar-refractivity contribution is 6.30. The maximum Gasteiger partial charge on any atom is 0.0587 e. The number of methoxy groups -OCH3 is 1. The van der Waals surface area contributed by atoms with Crippen molar-refractivity contribution < 1.29 is 4.74 Å². The molecule has 1 rings (SSSR count). The molecule has 1 N–H and O–H groups in total. The van der Waals surface area contributed by atoms with Gasteiger partial charge in [-0.2, -0.15) is 0 Å². The number of hydrogen-bond acceptors (Lipinski definition) is 2. The molecule has 0 aliphatic carbocycles. The van der Waals surface area contributed by atoms with Gasteiger partial charge in [0.15, 0.2) is 0 Å². The highest BCUT2D eigenvalue weighted by Crippen LogP contribution is 2.16. The topological polar surface area (TPSA) is 21.3 Å². The van der Waals surface area contributed by atoms with Crippen LogP contribution in [0.2, 0.25) is 5.02 Å². The van der Waals surface area contributed by atoms with Crippen molar-refractivity contribution in [3.63, 3.8) is 0 Å². The van der Waals surface area contributed by atoms with Crippen molar-refractivity contribution >= 4 is 11.6 Å². The second-order valence-corrected chi connectivity index (χ2v) is 3.66. The van der Waals surface area contributed by atoms with Gasteiger partial charge in [0.2, 0.25) is 0 Å². The summed E-state index contributed by atoms with van der Waals surface area (Å²) < 4.78 is 4.96. The lowest BCUT2D eigenvalue weighted by Gasteiger charge is -2.13. The normalized spacial score (nSPS) is 12.8. The summed E-state index contributed by atoms with van der Waals surface area (Å²) in [4.78, 5) is 0. The molecule has 1 aromatic carbocycles. The average molecular weight is 214 g/mol. The number of rotatable bonds is 5. The summed E-state index contributed by atoms with van der Waals surface area (Å²) in [5.74, 6) is 0. The molecule has 0 fully saturated rings.